The smallest absolute Gasteiger partial charge is 0.265 e. The molecule has 0 bridgehead atoms. The van der Waals surface area contributed by atoms with Crippen LogP contribution in [0.2, 0.25) is 0 Å². The van der Waals surface area contributed by atoms with Gasteiger partial charge in [0, 0.05) is 39.3 Å². The molecule has 1 unspecified atom stereocenters. The number of nitrogen functional groups attached to an aromatic ring is 1. The molecule has 0 radical (unpaired) electrons. The van der Waals surface area contributed by atoms with Crippen molar-refractivity contribution in [2.75, 3.05) is 57.6 Å². The van der Waals surface area contributed by atoms with Gasteiger partial charge in [-0.05, 0) is 14.0 Å². The van der Waals surface area contributed by atoms with E-state index in [4.69, 9.17) is 10.5 Å². The summed E-state index contributed by atoms with van der Waals surface area (Å²) in [4.78, 5) is 21.5. The van der Waals surface area contributed by atoms with Crippen LogP contribution < -0.4 is 16.0 Å². The molecule has 1 amide bonds. The van der Waals surface area contributed by atoms with E-state index in [1.807, 2.05) is 6.92 Å². The number of rotatable bonds is 5. The number of aromatic nitrogens is 1. The van der Waals surface area contributed by atoms with E-state index in [9.17, 15) is 4.79 Å². The van der Waals surface area contributed by atoms with E-state index in [2.05, 4.69) is 27.1 Å². The van der Waals surface area contributed by atoms with Crippen molar-refractivity contribution in [3.63, 3.8) is 0 Å². The minimum atomic E-state index is -0.185. The number of nitrogens with one attached hydrogen (secondary N) is 1. The molecule has 7 nitrogen and oxygen atoms in total. The van der Waals surface area contributed by atoms with Gasteiger partial charge in [0.1, 0.15) is 10.7 Å². The fourth-order valence-electron chi connectivity index (χ4n) is 2.20. The van der Waals surface area contributed by atoms with Gasteiger partial charge in [-0.3, -0.25) is 4.79 Å². The second-order valence-corrected chi connectivity index (χ2v) is 6.31. The first-order chi connectivity index (χ1) is 10.0. The lowest BCUT2D eigenvalue weighted by Crippen LogP contribution is -2.44. The zero-order chi connectivity index (χ0) is 15.4. The molecule has 8 heteroatoms. The summed E-state index contributed by atoms with van der Waals surface area (Å²) in [6.45, 7) is 6.16. The van der Waals surface area contributed by atoms with Crippen molar-refractivity contribution < 1.29 is 9.53 Å². The van der Waals surface area contributed by atoms with Gasteiger partial charge in [-0.2, -0.15) is 0 Å². The van der Waals surface area contributed by atoms with E-state index >= 15 is 0 Å². The van der Waals surface area contributed by atoms with Gasteiger partial charge in [-0.15, -0.1) is 0 Å². The lowest BCUT2D eigenvalue weighted by Gasteiger charge is -2.31. The molecule has 1 aromatic heterocycles. The van der Waals surface area contributed by atoms with Crippen molar-refractivity contribution in [1.82, 2.24) is 15.2 Å². The highest BCUT2D eigenvalue weighted by molar-refractivity contribution is 7.18. The highest BCUT2D eigenvalue weighted by Gasteiger charge is 2.22. The van der Waals surface area contributed by atoms with Crippen LogP contribution in [0, 0.1) is 0 Å². The maximum atomic E-state index is 12.2. The Kier molecular flexibility index (Phi) is 5.38. The molecule has 1 fully saturated rings. The standard InChI is InChI=1S/C13H23N5O2S/c1-9(8-20-3)15-12(19)10-11(14)16-13(21-10)18-6-4-17(2)5-7-18/h9H,4-8,14H2,1-3H3,(H,15,19). The number of piperazine rings is 1. The van der Waals surface area contributed by atoms with Gasteiger partial charge in [0.15, 0.2) is 5.13 Å². The Labute approximate surface area is 129 Å². The van der Waals surface area contributed by atoms with E-state index in [0.717, 1.165) is 31.3 Å². The number of nitrogens with zero attached hydrogens (tertiary/aromatic N) is 3. The third-order valence-corrected chi connectivity index (χ3v) is 4.55. The first-order valence-corrected chi connectivity index (χ1v) is 7.82. The number of likely N-dealkylation sites (N-methyl/N-ethyl adjacent to an activating group) is 1. The number of thiazole rings is 1. The Bertz CT molecular complexity index is 485. The minimum absolute atomic E-state index is 0.0592. The first-order valence-electron chi connectivity index (χ1n) is 7.01. The van der Waals surface area contributed by atoms with Gasteiger partial charge in [-0.1, -0.05) is 11.3 Å². The van der Waals surface area contributed by atoms with Gasteiger partial charge < -0.3 is 25.6 Å². The SMILES string of the molecule is COCC(C)NC(=O)c1sc(N2CCN(C)CC2)nc1N. The second kappa shape index (κ2) is 7.06. The molecule has 1 aromatic rings. The summed E-state index contributed by atoms with van der Waals surface area (Å²) in [5.74, 6) is 0.117. The van der Waals surface area contributed by atoms with E-state index in [1.54, 1.807) is 7.11 Å². The predicted molar refractivity (Wildman–Crippen MR) is 85.0 cm³/mol. The number of carbonyl (C=O) groups excluding carboxylic acids is 1. The summed E-state index contributed by atoms with van der Waals surface area (Å²) in [6.07, 6.45) is 0. The molecule has 2 rings (SSSR count). The molecule has 1 atom stereocenters. The highest BCUT2D eigenvalue weighted by atomic mass is 32.1. The number of amides is 1. The normalized spacial score (nSPS) is 17.8. The summed E-state index contributed by atoms with van der Waals surface area (Å²) >= 11 is 1.35. The Morgan fingerprint density at radius 1 is 1.48 bits per heavy atom. The van der Waals surface area contributed by atoms with Crippen LogP contribution in [0.3, 0.4) is 0 Å². The number of carbonyl (C=O) groups is 1. The number of hydrogen-bond acceptors (Lipinski definition) is 7. The summed E-state index contributed by atoms with van der Waals surface area (Å²) in [5, 5.41) is 3.69. The van der Waals surface area contributed by atoms with Crippen molar-refractivity contribution in [2.45, 2.75) is 13.0 Å². The van der Waals surface area contributed by atoms with Crippen LogP contribution in [0.4, 0.5) is 10.9 Å². The van der Waals surface area contributed by atoms with E-state index in [0.29, 0.717) is 17.3 Å². The summed E-state index contributed by atoms with van der Waals surface area (Å²) in [6, 6.07) is -0.0592. The molecular weight excluding hydrogens is 290 g/mol. The van der Waals surface area contributed by atoms with Crippen LogP contribution in [0.25, 0.3) is 0 Å². The number of anilines is 2. The van der Waals surface area contributed by atoms with Crippen LogP contribution in [-0.4, -0.2) is 68.8 Å². The van der Waals surface area contributed by atoms with Gasteiger partial charge in [0.05, 0.1) is 6.61 Å². The zero-order valence-electron chi connectivity index (χ0n) is 12.8. The Balaban J connectivity index is 2.03. The van der Waals surface area contributed by atoms with E-state index < -0.39 is 0 Å². The molecule has 1 saturated heterocycles. The summed E-state index contributed by atoms with van der Waals surface area (Å²) in [7, 11) is 3.71. The predicted octanol–water partition coefficient (Wildman–Crippen LogP) is 0.242. The van der Waals surface area contributed by atoms with Gasteiger partial charge in [0.25, 0.3) is 5.91 Å². The monoisotopic (exact) mass is 313 g/mol. The molecule has 1 aliphatic rings. The van der Waals surface area contributed by atoms with Gasteiger partial charge in [-0.25, -0.2) is 4.98 Å². The topological polar surface area (TPSA) is 83.7 Å². The molecule has 21 heavy (non-hydrogen) atoms. The van der Waals surface area contributed by atoms with Crippen molar-refractivity contribution >= 4 is 28.2 Å². The zero-order valence-corrected chi connectivity index (χ0v) is 13.6. The highest BCUT2D eigenvalue weighted by Crippen LogP contribution is 2.28. The minimum Gasteiger partial charge on any atom is -0.383 e. The molecule has 0 spiro atoms. The molecular formula is C13H23N5O2S. The molecule has 1 aliphatic heterocycles. The number of ether oxygens (including phenoxy) is 1. The maximum Gasteiger partial charge on any atom is 0.265 e. The first kappa shape index (κ1) is 16.0. The van der Waals surface area contributed by atoms with Crippen LogP contribution in [0.5, 0.6) is 0 Å². The average Bonchev–Trinajstić information content (AvgIpc) is 2.82. The molecule has 3 N–H and O–H groups in total. The van der Waals surface area contributed by atoms with Crippen molar-refractivity contribution in [1.29, 1.82) is 0 Å². The number of nitrogens with two attached hydrogens (primary N) is 1. The third kappa shape index (κ3) is 4.05. The Morgan fingerprint density at radius 3 is 2.76 bits per heavy atom. The van der Waals surface area contributed by atoms with E-state index in [1.165, 1.54) is 11.3 Å². The molecule has 0 aromatic carbocycles. The fourth-order valence-corrected chi connectivity index (χ4v) is 3.14. The lowest BCUT2D eigenvalue weighted by molar-refractivity contribution is 0.0910. The van der Waals surface area contributed by atoms with Crippen LogP contribution in [0.1, 0.15) is 16.6 Å². The van der Waals surface area contributed by atoms with Crippen LogP contribution >= 0.6 is 11.3 Å². The summed E-state index contributed by atoms with van der Waals surface area (Å²) < 4.78 is 5.01. The van der Waals surface area contributed by atoms with Crippen molar-refractivity contribution in [2.24, 2.45) is 0 Å². The van der Waals surface area contributed by atoms with Crippen LogP contribution in [0.15, 0.2) is 0 Å². The van der Waals surface area contributed by atoms with Crippen molar-refractivity contribution in [3.8, 4) is 0 Å². The van der Waals surface area contributed by atoms with E-state index in [-0.39, 0.29) is 11.9 Å². The van der Waals surface area contributed by atoms with Crippen molar-refractivity contribution in [3.05, 3.63) is 4.88 Å². The molecule has 2 heterocycles. The van der Waals surface area contributed by atoms with Gasteiger partial charge >= 0.3 is 0 Å². The lowest BCUT2D eigenvalue weighted by atomic mass is 10.3. The largest absolute Gasteiger partial charge is 0.383 e. The van der Waals surface area contributed by atoms with Crippen LogP contribution in [-0.2, 0) is 4.74 Å². The Morgan fingerprint density at radius 2 is 2.14 bits per heavy atom. The number of hydrogen-bond donors (Lipinski definition) is 2. The molecule has 0 aliphatic carbocycles. The van der Waals surface area contributed by atoms with Gasteiger partial charge in [0.2, 0.25) is 0 Å². The molecule has 0 saturated carbocycles. The summed E-state index contributed by atoms with van der Waals surface area (Å²) in [5.41, 5.74) is 5.90. The number of methoxy groups -OCH3 is 1. The maximum absolute atomic E-state index is 12.2. The average molecular weight is 313 g/mol. The fraction of sp³-hybridized carbons (Fsp3) is 0.692. The Hall–Kier alpha value is -1.38. The second-order valence-electron chi connectivity index (χ2n) is 5.33. The molecule has 118 valence electrons. The quantitative estimate of drug-likeness (QED) is 0.810. The third-order valence-electron chi connectivity index (χ3n) is 3.42.